The smallest absolute Gasteiger partial charge is 0.279 e. The number of anilines is 1. The second kappa shape index (κ2) is 10.3. The van der Waals surface area contributed by atoms with Crippen LogP contribution in [0.3, 0.4) is 0 Å². The van der Waals surface area contributed by atoms with Crippen LogP contribution in [0.15, 0.2) is 48.5 Å². The second-order valence-electron chi connectivity index (χ2n) is 6.91. The predicted molar refractivity (Wildman–Crippen MR) is 112 cm³/mol. The Hall–Kier alpha value is -3.35. The number of ether oxygens (including phenoxy) is 1. The zero-order valence-electron chi connectivity index (χ0n) is 17.1. The molecule has 1 atom stereocenters. The summed E-state index contributed by atoms with van der Waals surface area (Å²) in [5.41, 5.74) is 6.84. The molecule has 0 aliphatic carbocycles. The first-order valence-electron chi connectivity index (χ1n) is 9.56. The van der Waals surface area contributed by atoms with Crippen molar-refractivity contribution >= 4 is 23.4 Å². The van der Waals surface area contributed by atoms with Gasteiger partial charge in [0.25, 0.3) is 11.8 Å². The zero-order valence-corrected chi connectivity index (χ0v) is 17.1. The molecule has 2 aromatic carbocycles. The standard InChI is InChI=1S/C22H27N3O4/c1-5-20(26)23-18-10-6-17(7-11-18)22(28)25-24-21(27)15(4)29-19-12-8-16(9-13-19)14(2)3/h6-15H,5H2,1-4H3,(H,23,26)(H,24,27)(H,25,28)/t15-/m1/s1. The molecule has 0 saturated carbocycles. The number of hydrazine groups is 1. The lowest BCUT2D eigenvalue weighted by atomic mass is 10.0. The highest BCUT2D eigenvalue weighted by molar-refractivity contribution is 5.97. The predicted octanol–water partition coefficient (Wildman–Crippen LogP) is 3.39. The van der Waals surface area contributed by atoms with Gasteiger partial charge in [-0.3, -0.25) is 25.2 Å². The summed E-state index contributed by atoms with van der Waals surface area (Å²) in [5.74, 6) is -0.0642. The number of nitrogens with one attached hydrogen (secondary N) is 3. The second-order valence-corrected chi connectivity index (χ2v) is 6.91. The van der Waals surface area contributed by atoms with E-state index in [1.54, 1.807) is 38.1 Å². The average Bonchev–Trinajstić information content (AvgIpc) is 2.72. The molecule has 3 amide bonds. The molecule has 2 rings (SSSR count). The Kier molecular flexibility index (Phi) is 7.77. The molecule has 7 heteroatoms. The summed E-state index contributed by atoms with van der Waals surface area (Å²) in [4.78, 5) is 35.7. The van der Waals surface area contributed by atoms with Crippen LogP contribution in [0.25, 0.3) is 0 Å². The van der Waals surface area contributed by atoms with Gasteiger partial charge < -0.3 is 10.1 Å². The zero-order chi connectivity index (χ0) is 21.4. The Morgan fingerprint density at radius 3 is 2.07 bits per heavy atom. The topological polar surface area (TPSA) is 96.5 Å². The van der Waals surface area contributed by atoms with Crippen LogP contribution >= 0.6 is 0 Å². The van der Waals surface area contributed by atoms with Gasteiger partial charge in [0, 0.05) is 17.7 Å². The summed E-state index contributed by atoms with van der Waals surface area (Å²) in [6.45, 7) is 7.56. The highest BCUT2D eigenvalue weighted by Crippen LogP contribution is 2.19. The Morgan fingerprint density at radius 2 is 1.52 bits per heavy atom. The third kappa shape index (κ3) is 6.64. The Labute approximate surface area is 170 Å². The van der Waals surface area contributed by atoms with Gasteiger partial charge in [-0.05, 0) is 54.8 Å². The summed E-state index contributed by atoms with van der Waals surface area (Å²) in [6, 6.07) is 13.9. The Bertz CT molecular complexity index is 845. The third-order valence-electron chi connectivity index (χ3n) is 4.28. The largest absolute Gasteiger partial charge is 0.481 e. The Balaban J connectivity index is 1.84. The van der Waals surface area contributed by atoms with Crippen LogP contribution in [0.2, 0.25) is 0 Å². The molecule has 0 aromatic heterocycles. The molecule has 0 saturated heterocycles. The summed E-state index contributed by atoms with van der Waals surface area (Å²) in [6.07, 6.45) is -0.414. The van der Waals surface area contributed by atoms with Gasteiger partial charge in [-0.25, -0.2) is 0 Å². The minimum Gasteiger partial charge on any atom is -0.481 e. The first kappa shape index (κ1) is 21.9. The van der Waals surface area contributed by atoms with Crippen LogP contribution in [-0.4, -0.2) is 23.8 Å². The molecule has 154 valence electrons. The van der Waals surface area contributed by atoms with Crippen LogP contribution in [0.4, 0.5) is 5.69 Å². The molecule has 0 fully saturated rings. The molecule has 7 nitrogen and oxygen atoms in total. The molecule has 0 spiro atoms. The van der Waals surface area contributed by atoms with Crippen molar-refractivity contribution in [2.75, 3.05) is 5.32 Å². The van der Waals surface area contributed by atoms with Gasteiger partial charge in [-0.2, -0.15) is 0 Å². The lowest BCUT2D eigenvalue weighted by molar-refractivity contribution is -0.128. The van der Waals surface area contributed by atoms with E-state index >= 15 is 0 Å². The van der Waals surface area contributed by atoms with Crippen molar-refractivity contribution in [2.24, 2.45) is 0 Å². The van der Waals surface area contributed by atoms with Crippen LogP contribution in [0, 0.1) is 0 Å². The number of carbonyl (C=O) groups excluding carboxylic acids is 3. The SMILES string of the molecule is CCC(=O)Nc1ccc(C(=O)NNC(=O)[C@@H](C)Oc2ccc(C(C)C)cc2)cc1. The number of rotatable bonds is 7. The number of benzene rings is 2. The molecular formula is C22H27N3O4. The molecular weight excluding hydrogens is 370 g/mol. The minimum atomic E-state index is -0.785. The number of amides is 3. The summed E-state index contributed by atoms with van der Waals surface area (Å²) >= 11 is 0. The lowest BCUT2D eigenvalue weighted by Gasteiger charge is -2.16. The van der Waals surface area contributed by atoms with E-state index in [-0.39, 0.29) is 5.91 Å². The van der Waals surface area contributed by atoms with Crippen molar-refractivity contribution in [3.63, 3.8) is 0 Å². The fraction of sp³-hybridized carbons (Fsp3) is 0.318. The quantitative estimate of drug-likeness (QED) is 0.624. The minimum absolute atomic E-state index is 0.109. The molecule has 0 bridgehead atoms. The first-order chi connectivity index (χ1) is 13.8. The van der Waals surface area contributed by atoms with E-state index in [0.29, 0.717) is 29.3 Å². The molecule has 2 aromatic rings. The maximum atomic E-state index is 12.2. The fourth-order valence-corrected chi connectivity index (χ4v) is 2.44. The van der Waals surface area contributed by atoms with Gasteiger partial charge in [-0.1, -0.05) is 32.9 Å². The first-order valence-corrected chi connectivity index (χ1v) is 9.56. The average molecular weight is 397 g/mol. The van der Waals surface area contributed by atoms with Crippen LogP contribution < -0.4 is 20.9 Å². The van der Waals surface area contributed by atoms with Gasteiger partial charge in [0.05, 0.1) is 0 Å². The van der Waals surface area contributed by atoms with E-state index in [2.05, 4.69) is 30.0 Å². The molecule has 0 aliphatic rings. The van der Waals surface area contributed by atoms with Crippen LogP contribution in [0.5, 0.6) is 5.75 Å². The van der Waals surface area contributed by atoms with E-state index in [4.69, 9.17) is 4.74 Å². The van der Waals surface area contributed by atoms with Crippen LogP contribution in [0.1, 0.15) is 56.0 Å². The third-order valence-corrected chi connectivity index (χ3v) is 4.28. The molecule has 29 heavy (non-hydrogen) atoms. The lowest BCUT2D eigenvalue weighted by Crippen LogP contribution is -2.47. The van der Waals surface area contributed by atoms with Crippen molar-refractivity contribution in [3.05, 3.63) is 59.7 Å². The number of hydrogen-bond donors (Lipinski definition) is 3. The van der Waals surface area contributed by atoms with Crippen molar-refractivity contribution in [2.45, 2.75) is 46.1 Å². The van der Waals surface area contributed by atoms with Gasteiger partial charge in [0.1, 0.15) is 5.75 Å². The van der Waals surface area contributed by atoms with E-state index < -0.39 is 17.9 Å². The van der Waals surface area contributed by atoms with Crippen molar-refractivity contribution in [1.29, 1.82) is 0 Å². The number of carbonyl (C=O) groups is 3. The van der Waals surface area contributed by atoms with Crippen molar-refractivity contribution in [3.8, 4) is 5.75 Å². The Morgan fingerprint density at radius 1 is 0.897 bits per heavy atom. The fourth-order valence-electron chi connectivity index (χ4n) is 2.44. The highest BCUT2D eigenvalue weighted by Gasteiger charge is 2.16. The molecule has 0 unspecified atom stereocenters. The molecule has 0 radical (unpaired) electrons. The van der Waals surface area contributed by atoms with Crippen LogP contribution in [-0.2, 0) is 9.59 Å². The summed E-state index contributed by atoms with van der Waals surface area (Å²) < 4.78 is 5.61. The maximum Gasteiger partial charge on any atom is 0.279 e. The van der Waals surface area contributed by atoms with Gasteiger partial charge >= 0.3 is 0 Å². The summed E-state index contributed by atoms with van der Waals surface area (Å²) in [5, 5.41) is 2.70. The van der Waals surface area contributed by atoms with Gasteiger partial charge in [-0.15, -0.1) is 0 Å². The summed E-state index contributed by atoms with van der Waals surface area (Å²) in [7, 11) is 0. The monoisotopic (exact) mass is 397 g/mol. The van der Waals surface area contributed by atoms with E-state index in [0.717, 1.165) is 0 Å². The highest BCUT2D eigenvalue weighted by atomic mass is 16.5. The van der Waals surface area contributed by atoms with E-state index in [1.807, 2.05) is 24.3 Å². The van der Waals surface area contributed by atoms with Crippen molar-refractivity contribution in [1.82, 2.24) is 10.9 Å². The molecule has 0 heterocycles. The van der Waals surface area contributed by atoms with Gasteiger partial charge in [0.2, 0.25) is 5.91 Å². The normalized spacial score (nSPS) is 11.5. The maximum absolute atomic E-state index is 12.2. The van der Waals surface area contributed by atoms with Gasteiger partial charge in [0.15, 0.2) is 6.10 Å². The number of hydrogen-bond acceptors (Lipinski definition) is 4. The molecule has 0 aliphatic heterocycles. The van der Waals surface area contributed by atoms with Crippen molar-refractivity contribution < 1.29 is 19.1 Å². The van der Waals surface area contributed by atoms with E-state index in [9.17, 15) is 14.4 Å². The van der Waals surface area contributed by atoms with E-state index in [1.165, 1.54) is 5.56 Å². The molecule has 3 N–H and O–H groups in total.